The molecule has 0 aliphatic heterocycles. The summed E-state index contributed by atoms with van der Waals surface area (Å²) < 4.78 is 0. The maximum atomic E-state index is 11.4. The molecule has 0 aliphatic carbocycles. The molecule has 3 heteroatoms. The molecule has 0 N–H and O–H groups in total. The van der Waals surface area contributed by atoms with Gasteiger partial charge in [-0.15, -0.1) is 11.5 Å². The van der Waals surface area contributed by atoms with Gasteiger partial charge < -0.3 is 10.2 Å². The predicted octanol–water partition coefficient (Wildman–Crippen LogP) is 8.10. The van der Waals surface area contributed by atoms with Crippen molar-refractivity contribution in [2.24, 2.45) is 0 Å². The van der Waals surface area contributed by atoms with Crippen LogP contribution in [-0.2, 0) is 29.6 Å². The Bertz CT molecular complexity index is 627. The van der Waals surface area contributed by atoms with E-state index in [-0.39, 0.29) is 28.3 Å². The van der Waals surface area contributed by atoms with Crippen LogP contribution < -0.4 is 10.2 Å². The van der Waals surface area contributed by atoms with E-state index in [1.807, 2.05) is 36.4 Å². The normalized spacial score (nSPS) is 10.2. The van der Waals surface area contributed by atoms with Gasteiger partial charge in [-0.05, 0) is 25.7 Å². The Morgan fingerprint density at radius 3 is 1.09 bits per heavy atom. The number of benzene rings is 2. The molecular weight excluding hydrogens is 451 g/mol. The van der Waals surface area contributed by atoms with Gasteiger partial charge in [0.25, 0.3) is 0 Å². The Hall–Kier alpha value is -1.45. The Morgan fingerprint density at radius 1 is 0.455 bits per heavy atom. The van der Waals surface area contributed by atoms with Crippen LogP contribution in [0.1, 0.15) is 115 Å². The zero-order valence-electron chi connectivity index (χ0n) is 21.1. The second-order valence-electron chi connectivity index (χ2n) is 8.96. The van der Waals surface area contributed by atoms with E-state index in [9.17, 15) is 10.2 Å². The molecule has 0 bridgehead atoms. The van der Waals surface area contributed by atoms with Crippen LogP contribution >= 0.6 is 0 Å². The van der Waals surface area contributed by atoms with Crippen LogP contribution in [0.5, 0.6) is 11.5 Å². The third-order valence-corrected chi connectivity index (χ3v) is 6.04. The summed E-state index contributed by atoms with van der Waals surface area (Å²) in [5.74, 6) is 0.405. The molecule has 0 saturated heterocycles. The van der Waals surface area contributed by atoms with Crippen LogP contribution in [0.15, 0.2) is 48.5 Å². The predicted molar refractivity (Wildman–Crippen MR) is 135 cm³/mol. The molecule has 0 spiro atoms. The van der Waals surface area contributed by atoms with Crippen LogP contribution in [0, 0.1) is 0 Å². The van der Waals surface area contributed by atoms with E-state index in [1.54, 1.807) is 12.1 Å². The molecule has 2 aromatic rings. The van der Waals surface area contributed by atoms with Crippen LogP contribution in [0.2, 0.25) is 0 Å². The first-order valence-electron chi connectivity index (χ1n) is 13.2. The van der Waals surface area contributed by atoms with Crippen LogP contribution in [0.3, 0.4) is 0 Å². The Balaban J connectivity index is 0.000000602. The van der Waals surface area contributed by atoms with Gasteiger partial charge in [0.15, 0.2) is 0 Å². The van der Waals surface area contributed by atoms with Crippen molar-refractivity contribution < 1.29 is 27.0 Å². The zero-order valence-corrected chi connectivity index (χ0v) is 22.1. The fourth-order valence-corrected chi connectivity index (χ4v) is 3.97. The van der Waals surface area contributed by atoms with E-state index in [4.69, 9.17) is 0 Å². The smallest absolute Gasteiger partial charge is 0.872 e. The van der Waals surface area contributed by atoms with Crippen LogP contribution in [-0.4, -0.2) is 0 Å². The SMILES string of the molecule is CCCCCCCCCc1ccccc1[O-].CCCCCCCCCc1ccccc1[O-].[Co+2]. The van der Waals surface area contributed by atoms with Crippen molar-refractivity contribution in [3.05, 3.63) is 59.7 Å². The largest absolute Gasteiger partial charge is 2.00 e. The van der Waals surface area contributed by atoms with Crippen LogP contribution in [0.4, 0.5) is 0 Å². The molecule has 0 aliphatic rings. The first kappa shape index (κ1) is 31.5. The summed E-state index contributed by atoms with van der Waals surface area (Å²) in [6.07, 6.45) is 20.2. The standard InChI is InChI=1S/2C15H24O.Co/c2*1-2-3-4-5-6-7-8-11-14-12-9-10-13-15(14)16;/h2*9-10,12-13,16H,2-8,11H2,1H3;/q;;+2/p-2. The maximum absolute atomic E-state index is 11.4. The molecule has 33 heavy (non-hydrogen) atoms. The van der Waals surface area contributed by atoms with Crippen molar-refractivity contribution in [2.45, 2.75) is 117 Å². The van der Waals surface area contributed by atoms with Crippen molar-refractivity contribution in [1.82, 2.24) is 0 Å². The van der Waals surface area contributed by atoms with E-state index in [0.717, 1.165) is 36.8 Å². The molecule has 0 saturated carbocycles. The summed E-state index contributed by atoms with van der Waals surface area (Å²) in [7, 11) is 0. The van der Waals surface area contributed by atoms with Crippen molar-refractivity contribution in [1.29, 1.82) is 0 Å². The minimum Gasteiger partial charge on any atom is -0.872 e. The average Bonchev–Trinajstić information content (AvgIpc) is 2.80. The van der Waals surface area contributed by atoms with E-state index < -0.39 is 0 Å². The van der Waals surface area contributed by atoms with Gasteiger partial charge in [0.1, 0.15) is 0 Å². The molecule has 0 fully saturated rings. The molecule has 187 valence electrons. The molecule has 0 heterocycles. The quantitative estimate of drug-likeness (QED) is 0.220. The van der Waals surface area contributed by atoms with Gasteiger partial charge in [0, 0.05) is 0 Å². The first-order chi connectivity index (χ1) is 15.7. The Kier molecular flexibility index (Phi) is 21.4. The van der Waals surface area contributed by atoms with Gasteiger partial charge in [-0.25, -0.2) is 0 Å². The maximum Gasteiger partial charge on any atom is 2.00 e. The number of unbranched alkanes of at least 4 members (excludes halogenated alkanes) is 12. The van der Waals surface area contributed by atoms with Gasteiger partial charge in [-0.2, -0.15) is 0 Å². The van der Waals surface area contributed by atoms with Crippen molar-refractivity contribution in [3.63, 3.8) is 0 Å². The topological polar surface area (TPSA) is 46.1 Å². The fraction of sp³-hybridized carbons (Fsp3) is 0.600. The van der Waals surface area contributed by atoms with Crippen LogP contribution in [0.25, 0.3) is 0 Å². The molecule has 0 amide bonds. The zero-order chi connectivity index (χ0) is 23.3. The second kappa shape index (κ2) is 22.3. The monoisotopic (exact) mass is 497 g/mol. The summed E-state index contributed by atoms with van der Waals surface area (Å²) in [6.45, 7) is 4.48. The molecule has 2 aromatic carbocycles. The fourth-order valence-electron chi connectivity index (χ4n) is 3.97. The summed E-state index contributed by atoms with van der Waals surface area (Å²) in [5, 5.41) is 22.8. The molecule has 0 aromatic heterocycles. The van der Waals surface area contributed by atoms with E-state index in [1.165, 1.54) is 77.0 Å². The number of hydrogen-bond donors (Lipinski definition) is 0. The molecule has 1 radical (unpaired) electrons. The summed E-state index contributed by atoms with van der Waals surface area (Å²) in [5.41, 5.74) is 1.96. The second-order valence-corrected chi connectivity index (χ2v) is 8.96. The first-order valence-corrected chi connectivity index (χ1v) is 13.2. The molecule has 2 nitrogen and oxygen atoms in total. The third-order valence-electron chi connectivity index (χ3n) is 6.04. The van der Waals surface area contributed by atoms with E-state index >= 15 is 0 Å². The third kappa shape index (κ3) is 16.8. The molecule has 0 atom stereocenters. The van der Waals surface area contributed by atoms with Gasteiger partial charge in [0.05, 0.1) is 0 Å². The molecule has 0 unspecified atom stereocenters. The minimum absolute atomic E-state index is 0. The van der Waals surface area contributed by atoms with Crippen molar-refractivity contribution in [3.8, 4) is 11.5 Å². The van der Waals surface area contributed by atoms with Gasteiger partial charge in [-0.1, -0.05) is 151 Å². The Morgan fingerprint density at radius 2 is 0.758 bits per heavy atom. The van der Waals surface area contributed by atoms with E-state index in [2.05, 4.69) is 13.8 Å². The summed E-state index contributed by atoms with van der Waals surface area (Å²) in [6, 6.07) is 14.8. The van der Waals surface area contributed by atoms with Gasteiger partial charge >= 0.3 is 16.8 Å². The van der Waals surface area contributed by atoms with Crippen molar-refractivity contribution >= 4 is 0 Å². The number of aryl methyl sites for hydroxylation is 2. The number of rotatable bonds is 16. The molecule has 2 rings (SSSR count). The number of hydrogen-bond acceptors (Lipinski definition) is 2. The number of para-hydroxylation sites is 2. The summed E-state index contributed by atoms with van der Waals surface area (Å²) >= 11 is 0. The Labute approximate surface area is 214 Å². The van der Waals surface area contributed by atoms with Crippen molar-refractivity contribution in [2.75, 3.05) is 0 Å². The van der Waals surface area contributed by atoms with Gasteiger partial charge in [0.2, 0.25) is 0 Å². The average molecular weight is 498 g/mol. The summed E-state index contributed by atoms with van der Waals surface area (Å²) in [4.78, 5) is 0. The van der Waals surface area contributed by atoms with E-state index in [0.29, 0.717) is 0 Å². The minimum atomic E-state index is 0. The molecular formula is C30H46CoO2. The van der Waals surface area contributed by atoms with Gasteiger partial charge in [-0.3, -0.25) is 0 Å².